The second-order valence-corrected chi connectivity index (χ2v) is 4.42. The maximum atomic E-state index is 11.8. The number of aryl methyl sites for hydroxylation is 1. The number of nitrogens with zero attached hydrogens (tertiary/aromatic N) is 1. The van der Waals surface area contributed by atoms with Gasteiger partial charge in [-0.2, -0.15) is 0 Å². The quantitative estimate of drug-likeness (QED) is 0.734. The summed E-state index contributed by atoms with van der Waals surface area (Å²) in [6.07, 6.45) is 1.21. The summed E-state index contributed by atoms with van der Waals surface area (Å²) in [7, 11) is 0. The van der Waals surface area contributed by atoms with Gasteiger partial charge in [0, 0.05) is 10.6 Å². The van der Waals surface area contributed by atoms with Crippen LogP contribution in [-0.2, 0) is 0 Å². The number of hydrogen-bond acceptors (Lipinski definition) is 2. The van der Waals surface area contributed by atoms with Crippen molar-refractivity contribution >= 4 is 17.4 Å². The number of benzene rings is 1. The van der Waals surface area contributed by atoms with Crippen LogP contribution in [0.5, 0.6) is 0 Å². The fourth-order valence-electron chi connectivity index (χ4n) is 1.60. The van der Waals surface area contributed by atoms with Crippen molar-refractivity contribution in [1.29, 1.82) is 0 Å². The van der Waals surface area contributed by atoms with Gasteiger partial charge in [0.2, 0.25) is 0 Å². The van der Waals surface area contributed by atoms with E-state index in [1.54, 1.807) is 6.07 Å². The Morgan fingerprint density at radius 2 is 2.20 bits per heavy atom. The van der Waals surface area contributed by atoms with Crippen molar-refractivity contribution in [3.05, 3.63) is 34.3 Å². The van der Waals surface area contributed by atoms with E-state index in [9.17, 15) is 4.79 Å². The van der Waals surface area contributed by atoms with Crippen molar-refractivity contribution in [1.82, 2.24) is 4.90 Å². The lowest BCUT2D eigenvalue weighted by Crippen LogP contribution is -2.40. The molecule has 0 N–H and O–H groups in total. The van der Waals surface area contributed by atoms with Crippen LogP contribution in [0.25, 0.3) is 0 Å². The Bertz CT molecular complexity index is 385. The third-order valence-electron chi connectivity index (χ3n) is 2.81. The van der Waals surface area contributed by atoms with E-state index < -0.39 is 0 Å². The van der Waals surface area contributed by atoms with Crippen LogP contribution < -0.4 is 0 Å². The smallest absolute Gasteiger partial charge is 0.176 e. The Balaban J connectivity index is 2.07. The van der Waals surface area contributed by atoms with Gasteiger partial charge < -0.3 is 0 Å². The summed E-state index contributed by atoms with van der Waals surface area (Å²) in [5.41, 5.74) is 1.73. The minimum atomic E-state index is 0.164. The third kappa shape index (κ3) is 2.39. The first-order valence-electron chi connectivity index (χ1n) is 5.18. The van der Waals surface area contributed by atoms with Gasteiger partial charge >= 0.3 is 0 Å². The normalized spacial score (nSPS) is 16.1. The zero-order valence-corrected chi connectivity index (χ0v) is 9.55. The minimum absolute atomic E-state index is 0.164. The van der Waals surface area contributed by atoms with E-state index in [2.05, 4.69) is 4.90 Å². The maximum absolute atomic E-state index is 11.8. The molecule has 3 heteroatoms. The van der Waals surface area contributed by atoms with Crippen molar-refractivity contribution in [3.8, 4) is 0 Å². The van der Waals surface area contributed by atoms with Crippen molar-refractivity contribution in [2.24, 2.45) is 0 Å². The average molecular weight is 224 g/mol. The van der Waals surface area contributed by atoms with Gasteiger partial charge in [-0.1, -0.05) is 23.7 Å². The SMILES string of the molecule is Cc1ccc(C(=O)CN2CCC2)cc1Cl. The van der Waals surface area contributed by atoms with Gasteiger partial charge in [-0.25, -0.2) is 0 Å². The molecule has 0 amide bonds. The van der Waals surface area contributed by atoms with Gasteiger partial charge in [0.1, 0.15) is 0 Å². The molecule has 1 heterocycles. The molecule has 2 rings (SSSR count). The molecule has 0 aromatic heterocycles. The highest BCUT2D eigenvalue weighted by atomic mass is 35.5. The zero-order chi connectivity index (χ0) is 10.8. The van der Waals surface area contributed by atoms with Crippen LogP contribution in [0.1, 0.15) is 22.3 Å². The van der Waals surface area contributed by atoms with Crippen molar-refractivity contribution < 1.29 is 4.79 Å². The van der Waals surface area contributed by atoms with Gasteiger partial charge in [0.25, 0.3) is 0 Å². The molecule has 0 bridgehead atoms. The molecule has 1 saturated heterocycles. The van der Waals surface area contributed by atoms with Crippen LogP contribution in [0, 0.1) is 6.92 Å². The molecular weight excluding hydrogens is 210 g/mol. The second-order valence-electron chi connectivity index (χ2n) is 4.02. The molecule has 80 valence electrons. The summed E-state index contributed by atoms with van der Waals surface area (Å²) >= 11 is 5.98. The minimum Gasteiger partial charge on any atom is -0.296 e. The number of hydrogen-bond donors (Lipinski definition) is 0. The average Bonchev–Trinajstić information content (AvgIpc) is 2.15. The highest BCUT2D eigenvalue weighted by Crippen LogP contribution is 2.17. The predicted molar refractivity (Wildman–Crippen MR) is 61.6 cm³/mol. The number of carbonyl (C=O) groups is 1. The van der Waals surface area contributed by atoms with Gasteiger partial charge in [-0.05, 0) is 38.1 Å². The Kier molecular flexibility index (Phi) is 3.08. The van der Waals surface area contributed by atoms with Crippen molar-refractivity contribution in [3.63, 3.8) is 0 Å². The van der Waals surface area contributed by atoms with Crippen LogP contribution in [0.2, 0.25) is 5.02 Å². The summed E-state index contributed by atoms with van der Waals surface area (Å²) in [5, 5.41) is 0.671. The number of likely N-dealkylation sites (tertiary alicyclic amines) is 1. The molecule has 1 aromatic rings. The van der Waals surface area contributed by atoms with Crippen LogP contribution in [0.3, 0.4) is 0 Å². The fourth-order valence-corrected chi connectivity index (χ4v) is 1.78. The van der Waals surface area contributed by atoms with E-state index in [1.807, 2.05) is 19.1 Å². The highest BCUT2D eigenvalue weighted by molar-refractivity contribution is 6.31. The first-order chi connectivity index (χ1) is 7.16. The standard InChI is InChI=1S/C12H14ClNO/c1-9-3-4-10(7-11(9)13)12(15)8-14-5-2-6-14/h3-4,7H,2,5-6,8H2,1H3. The fraction of sp³-hybridized carbons (Fsp3) is 0.417. The first kappa shape index (κ1) is 10.7. The molecule has 15 heavy (non-hydrogen) atoms. The number of rotatable bonds is 3. The largest absolute Gasteiger partial charge is 0.296 e. The van der Waals surface area contributed by atoms with E-state index in [0.29, 0.717) is 11.6 Å². The molecule has 1 aliphatic heterocycles. The highest BCUT2D eigenvalue weighted by Gasteiger charge is 2.18. The van der Waals surface area contributed by atoms with Crippen LogP contribution >= 0.6 is 11.6 Å². The lowest BCUT2D eigenvalue weighted by Gasteiger charge is -2.29. The summed E-state index contributed by atoms with van der Waals surface area (Å²) in [6, 6.07) is 5.51. The molecule has 1 fully saturated rings. The number of Topliss-reactive ketones (excluding diaryl/α,β-unsaturated/α-hetero) is 1. The molecule has 0 radical (unpaired) electrons. The molecular formula is C12H14ClNO. The topological polar surface area (TPSA) is 20.3 Å². The van der Waals surface area contributed by atoms with E-state index in [0.717, 1.165) is 24.2 Å². The molecule has 1 aliphatic rings. The summed E-state index contributed by atoms with van der Waals surface area (Å²) in [6.45, 7) is 4.56. The summed E-state index contributed by atoms with van der Waals surface area (Å²) < 4.78 is 0. The van der Waals surface area contributed by atoms with E-state index in [4.69, 9.17) is 11.6 Å². The summed E-state index contributed by atoms with van der Waals surface area (Å²) in [5.74, 6) is 0.164. The number of carbonyl (C=O) groups excluding carboxylic acids is 1. The lowest BCUT2D eigenvalue weighted by molar-refractivity contribution is 0.0875. The Morgan fingerprint density at radius 3 is 2.73 bits per heavy atom. The van der Waals surface area contributed by atoms with Gasteiger partial charge in [-0.15, -0.1) is 0 Å². The first-order valence-corrected chi connectivity index (χ1v) is 5.56. The Labute approximate surface area is 94.8 Å². The van der Waals surface area contributed by atoms with E-state index >= 15 is 0 Å². The molecule has 0 unspecified atom stereocenters. The molecule has 0 saturated carbocycles. The molecule has 0 aliphatic carbocycles. The zero-order valence-electron chi connectivity index (χ0n) is 8.79. The molecule has 2 nitrogen and oxygen atoms in total. The molecule has 1 aromatic carbocycles. The van der Waals surface area contributed by atoms with Gasteiger partial charge in [0.05, 0.1) is 6.54 Å². The van der Waals surface area contributed by atoms with Crippen molar-refractivity contribution in [2.75, 3.05) is 19.6 Å². The van der Waals surface area contributed by atoms with E-state index in [1.165, 1.54) is 6.42 Å². The molecule has 0 atom stereocenters. The van der Waals surface area contributed by atoms with Gasteiger partial charge in [0.15, 0.2) is 5.78 Å². The molecule has 0 spiro atoms. The second kappa shape index (κ2) is 4.33. The van der Waals surface area contributed by atoms with Gasteiger partial charge in [-0.3, -0.25) is 9.69 Å². The van der Waals surface area contributed by atoms with Crippen LogP contribution in [-0.4, -0.2) is 30.3 Å². The number of halogens is 1. The predicted octanol–water partition coefficient (Wildman–Crippen LogP) is 2.54. The Morgan fingerprint density at radius 1 is 1.47 bits per heavy atom. The number of ketones is 1. The van der Waals surface area contributed by atoms with E-state index in [-0.39, 0.29) is 5.78 Å². The monoisotopic (exact) mass is 223 g/mol. The van der Waals surface area contributed by atoms with Crippen LogP contribution in [0.15, 0.2) is 18.2 Å². The third-order valence-corrected chi connectivity index (χ3v) is 3.22. The van der Waals surface area contributed by atoms with Crippen LogP contribution in [0.4, 0.5) is 0 Å². The Hall–Kier alpha value is -0.860. The maximum Gasteiger partial charge on any atom is 0.176 e. The summed E-state index contributed by atoms with van der Waals surface area (Å²) in [4.78, 5) is 14.0. The van der Waals surface area contributed by atoms with Crippen molar-refractivity contribution in [2.45, 2.75) is 13.3 Å². The lowest BCUT2D eigenvalue weighted by atomic mass is 10.1.